The van der Waals surface area contributed by atoms with Crippen molar-refractivity contribution in [2.45, 2.75) is 6.92 Å². The minimum Gasteiger partial charge on any atom is -0.494 e. The van der Waals surface area contributed by atoms with Gasteiger partial charge in [-0.05, 0) is 55.5 Å². The maximum Gasteiger partial charge on any atom is 0.274 e. The minimum absolute atomic E-state index is 0.289. The molecule has 0 saturated carbocycles. The topological polar surface area (TPSA) is 64.1 Å². The van der Waals surface area contributed by atoms with Gasteiger partial charge >= 0.3 is 0 Å². The molecule has 0 radical (unpaired) electrons. The number of carbonyl (C=O) groups is 1. The van der Waals surface area contributed by atoms with Gasteiger partial charge < -0.3 is 10.1 Å². The van der Waals surface area contributed by atoms with Crippen LogP contribution in [0, 0.1) is 0 Å². The highest BCUT2D eigenvalue weighted by molar-refractivity contribution is 6.33. The van der Waals surface area contributed by atoms with E-state index in [0.717, 1.165) is 11.3 Å². The third-order valence-corrected chi connectivity index (χ3v) is 3.76. The largest absolute Gasteiger partial charge is 0.494 e. The van der Waals surface area contributed by atoms with E-state index in [1.54, 1.807) is 60.9 Å². The molecule has 3 rings (SSSR count). The van der Waals surface area contributed by atoms with E-state index in [1.165, 1.54) is 0 Å². The highest BCUT2D eigenvalue weighted by atomic mass is 35.5. The van der Waals surface area contributed by atoms with Crippen LogP contribution in [0.5, 0.6) is 5.75 Å². The van der Waals surface area contributed by atoms with Crippen molar-refractivity contribution < 1.29 is 9.53 Å². The zero-order valence-corrected chi connectivity index (χ0v) is 14.3. The Labute approximate surface area is 150 Å². The lowest BCUT2D eigenvalue weighted by Gasteiger charge is -2.07. The van der Waals surface area contributed by atoms with Gasteiger partial charge in [0.1, 0.15) is 11.4 Å². The number of pyridine rings is 2. The predicted molar refractivity (Wildman–Crippen MR) is 98.0 cm³/mol. The highest BCUT2D eigenvalue weighted by Gasteiger charge is 2.10. The van der Waals surface area contributed by atoms with Crippen molar-refractivity contribution in [3.8, 4) is 17.0 Å². The molecule has 0 aliphatic rings. The summed E-state index contributed by atoms with van der Waals surface area (Å²) < 4.78 is 5.37. The molecule has 6 heteroatoms. The van der Waals surface area contributed by atoms with E-state index in [4.69, 9.17) is 16.3 Å². The summed E-state index contributed by atoms with van der Waals surface area (Å²) in [6.45, 7) is 2.52. The number of aromatic nitrogens is 2. The van der Waals surface area contributed by atoms with Gasteiger partial charge in [0.25, 0.3) is 5.91 Å². The van der Waals surface area contributed by atoms with Gasteiger partial charge in [0.05, 0.1) is 17.3 Å². The first-order chi connectivity index (χ1) is 12.2. The van der Waals surface area contributed by atoms with E-state index in [0.29, 0.717) is 28.7 Å². The average Bonchev–Trinajstić information content (AvgIpc) is 2.64. The van der Waals surface area contributed by atoms with Crippen LogP contribution < -0.4 is 10.1 Å². The molecule has 126 valence electrons. The third-order valence-electron chi connectivity index (χ3n) is 3.45. The Kier molecular flexibility index (Phi) is 5.26. The number of rotatable bonds is 5. The predicted octanol–water partition coefficient (Wildman–Crippen LogP) is 4.45. The maximum atomic E-state index is 12.3. The van der Waals surface area contributed by atoms with E-state index in [9.17, 15) is 4.79 Å². The van der Waals surface area contributed by atoms with Crippen LogP contribution in [0.4, 0.5) is 5.69 Å². The van der Waals surface area contributed by atoms with Crippen LogP contribution in [0.25, 0.3) is 11.3 Å². The van der Waals surface area contributed by atoms with Crippen molar-refractivity contribution in [1.29, 1.82) is 0 Å². The van der Waals surface area contributed by atoms with Gasteiger partial charge in [0.15, 0.2) is 0 Å². The first kappa shape index (κ1) is 16.9. The van der Waals surface area contributed by atoms with Crippen LogP contribution in [0.15, 0.2) is 60.9 Å². The number of halogens is 1. The lowest BCUT2D eigenvalue weighted by Crippen LogP contribution is -2.13. The number of nitrogens with one attached hydrogen (secondary N) is 1. The Morgan fingerprint density at radius 2 is 1.92 bits per heavy atom. The molecule has 2 heterocycles. The van der Waals surface area contributed by atoms with Crippen LogP contribution in [0.1, 0.15) is 17.4 Å². The van der Waals surface area contributed by atoms with Crippen LogP contribution in [0.3, 0.4) is 0 Å². The number of ether oxygens (including phenoxy) is 1. The number of amides is 1. The van der Waals surface area contributed by atoms with Crippen LogP contribution >= 0.6 is 11.6 Å². The molecule has 1 amide bonds. The molecule has 0 aliphatic carbocycles. The van der Waals surface area contributed by atoms with E-state index >= 15 is 0 Å². The van der Waals surface area contributed by atoms with Gasteiger partial charge in [0.2, 0.25) is 0 Å². The summed E-state index contributed by atoms with van der Waals surface area (Å²) in [5, 5.41) is 3.34. The Balaban J connectivity index is 1.71. The van der Waals surface area contributed by atoms with Gasteiger partial charge in [0, 0.05) is 23.6 Å². The van der Waals surface area contributed by atoms with E-state index in [1.807, 2.05) is 6.92 Å². The standard InChI is InChI=1S/C19H16ClN3O2/c1-2-25-15-8-6-14(7-9-15)23-19(24)17-10-5-13(12-22-17)18-16(20)4-3-11-21-18/h3-12H,2H2,1H3,(H,23,24). The first-order valence-electron chi connectivity index (χ1n) is 7.78. The van der Waals surface area contributed by atoms with Gasteiger partial charge in [-0.1, -0.05) is 11.6 Å². The van der Waals surface area contributed by atoms with Crippen molar-refractivity contribution in [2.24, 2.45) is 0 Å². The quantitative estimate of drug-likeness (QED) is 0.736. The Morgan fingerprint density at radius 1 is 1.12 bits per heavy atom. The van der Waals surface area contributed by atoms with Gasteiger partial charge in [-0.3, -0.25) is 14.8 Å². The van der Waals surface area contributed by atoms with Crippen molar-refractivity contribution in [3.63, 3.8) is 0 Å². The number of benzene rings is 1. The minimum atomic E-state index is -0.289. The molecule has 3 aromatic rings. The van der Waals surface area contributed by atoms with Crippen molar-refractivity contribution in [2.75, 3.05) is 11.9 Å². The van der Waals surface area contributed by atoms with E-state index < -0.39 is 0 Å². The molecule has 1 aromatic carbocycles. The second-order valence-corrected chi connectivity index (χ2v) is 5.58. The molecule has 2 aromatic heterocycles. The van der Waals surface area contributed by atoms with E-state index in [2.05, 4.69) is 15.3 Å². The molecule has 0 atom stereocenters. The summed E-state index contributed by atoms with van der Waals surface area (Å²) in [5.74, 6) is 0.470. The molecule has 5 nitrogen and oxygen atoms in total. The molecule has 1 N–H and O–H groups in total. The second-order valence-electron chi connectivity index (χ2n) is 5.18. The molecule has 25 heavy (non-hydrogen) atoms. The number of nitrogens with zero attached hydrogens (tertiary/aromatic N) is 2. The van der Waals surface area contributed by atoms with Crippen molar-refractivity contribution in [3.05, 3.63) is 71.6 Å². The summed E-state index contributed by atoms with van der Waals surface area (Å²) in [6.07, 6.45) is 3.25. The molecule has 0 fully saturated rings. The molecule has 0 spiro atoms. The summed E-state index contributed by atoms with van der Waals surface area (Å²) in [7, 11) is 0. The highest BCUT2D eigenvalue weighted by Crippen LogP contribution is 2.24. The fourth-order valence-electron chi connectivity index (χ4n) is 2.26. The third kappa shape index (κ3) is 4.14. The number of hydrogen-bond acceptors (Lipinski definition) is 4. The second kappa shape index (κ2) is 7.77. The summed E-state index contributed by atoms with van der Waals surface area (Å²) in [5.41, 5.74) is 2.37. The zero-order chi connectivity index (χ0) is 17.6. The van der Waals surface area contributed by atoms with Gasteiger partial charge in [-0.2, -0.15) is 0 Å². The molecule has 0 aliphatic heterocycles. The molecule has 0 unspecified atom stereocenters. The van der Waals surface area contributed by atoms with E-state index in [-0.39, 0.29) is 5.91 Å². The van der Waals surface area contributed by atoms with Gasteiger partial charge in [-0.25, -0.2) is 0 Å². The van der Waals surface area contributed by atoms with Crippen LogP contribution in [-0.4, -0.2) is 22.5 Å². The summed E-state index contributed by atoms with van der Waals surface area (Å²) in [6, 6.07) is 14.1. The van der Waals surface area contributed by atoms with Crippen LogP contribution in [0.2, 0.25) is 5.02 Å². The normalized spacial score (nSPS) is 10.3. The average molecular weight is 354 g/mol. The SMILES string of the molecule is CCOc1ccc(NC(=O)c2ccc(-c3ncccc3Cl)cn2)cc1. The first-order valence-corrected chi connectivity index (χ1v) is 8.16. The summed E-state index contributed by atoms with van der Waals surface area (Å²) >= 11 is 6.12. The zero-order valence-electron chi connectivity index (χ0n) is 13.6. The molecular weight excluding hydrogens is 338 g/mol. The Hall–Kier alpha value is -2.92. The van der Waals surface area contributed by atoms with Crippen molar-refractivity contribution in [1.82, 2.24) is 9.97 Å². The van der Waals surface area contributed by atoms with Gasteiger partial charge in [-0.15, -0.1) is 0 Å². The molecular formula is C19H16ClN3O2. The molecule has 0 bridgehead atoms. The fourth-order valence-corrected chi connectivity index (χ4v) is 2.49. The lowest BCUT2D eigenvalue weighted by atomic mass is 10.1. The Morgan fingerprint density at radius 3 is 2.56 bits per heavy atom. The number of hydrogen-bond donors (Lipinski definition) is 1. The monoisotopic (exact) mass is 353 g/mol. The lowest BCUT2D eigenvalue weighted by molar-refractivity contribution is 0.102. The summed E-state index contributed by atoms with van der Waals surface area (Å²) in [4.78, 5) is 20.7. The van der Waals surface area contributed by atoms with Crippen LogP contribution in [-0.2, 0) is 0 Å². The van der Waals surface area contributed by atoms with Crippen molar-refractivity contribution >= 4 is 23.2 Å². The fraction of sp³-hybridized carbons (Fsp3) is 0.105. The number of carbonyl (C=O) groups excluding carboxylic acids is 1. The Bertz CT molecular complexity index is 865. The maximum absolute atomic E-state index is 12.3. The molecule has 0 saturated heterocycles. The smallest absolute Gasteiger partial charge is 0.274 e. The number of anilines is 1.